The van der Waals surface area contributed by atoms with Gasteiger partial charge in [0.25, 0.3) is 0 Å². The Kier molecular flexibility index (Phi) is 8.88. The maximum Gasteiger partial charge on any atom is 0.243 e. The summed E-state index contributed by atoms with van der Waals surface area (Å²) in [6, 6.07) is 14.7. The van der Waals surface area contributed by atoms with Gasteiger partial charge in [0, 0.05) is 19.5 Å². The van der Waals surface area contributed by atoms with Crippen molar-refractivity contribution >= 4 is 15.9 Å². The number of nitrogens with zero attached hydrogens (tertiary/aromatic N) is 1. The highest BCUT2D eigenvalue weighted by Crippen LogP contribution is 2.27. The molecule has 7 nitrogen and oxygen atoms in total. The number of hydrogen-bond acceptors (Lipinski definition) is 5. The van der Waals surface area contributed by atoms with E-state index in [0.717, 1.165) is 12.0 Å². The van der Waals surface area contributed by atoms with Gasteiger partial charge in [0.1, 0.15) is 5.75 Å². The second-order valence-corrected chi connectivity index (χ2v) is 10.6. The van der Waals surface area contributed by atoms with Crippen LogP contribution in [0.2, 0.25) is 0 Å². The first kappa shape index (κ1) is 25.2. The molecule has 1 saturated heterocycles. The summed E-state index contributed by atoms with van der Waals surface area (Å²) in [5, 5.41) is 3.15. The predicted molar refractivity (Wildman–Crippen MR) is 128 cm³/mol. The number of amides is 1. The average molecular weight is 475 g/mol. The zero-order chi connectivity index (χ0) is 23.8. The number of morpholine rings is 1. The molecule has 3 rings (SSSR count). The molecule has 1 aliphatic rings. The minimum Gasteiger partial charge on any atom is -0.496 e. The SMILES string of the molecule is COc1ccc(S(=O)(=O)N2CCOCC2)cc1CCC(=O)NC(CC(C)C)c1ccccc1. The number of methoxy groups -OCH3 is 1. The molecule has 0 spiro atoms. The molecule has 0 aromatic heterocycles. The molecular formula is C25H34N2O5S. The third-order valence-electron chi connectivity index (χ3n) is 5.73. The minimum absolute atomic E-state index is 0.0615. The van der Waals surface area contributed by atoms with Crippen molar-refractivity contribution in [3.05, 3.63) is 59.7 Å². The molecule has 8 heteroatoms. The Morgan fingerprint density at radius 3 is 2.45 bits per heavy atom. The van der Waals surface area contributed by atoms with Crippen LogP contribution in [0.25, 0.3) is 0 Å². The molecule has 1 N–H and O–H groups in total. The van der Waals surface area contributed by atoms with E-state index in [-0.39, 0.29) is 23.3 Å². The third kappa shape index (κ3) is 6.79. The number of benzene rings is 2. The van der Waals surface area contributed by atoms with Crippen molar-refractivity contribution in [1.29, 1.82) is 0 Å². The molecule has 33 heavy (non-hydrogen) atoms. The van der Waals surface area contributed by atoms with Crippen LogP contribution in [0.4, 0.5) is 0 Å². The smallest absolute Gasteiger partial charge is 0.243 e. The summed E-state index contributed by atoms with van der Waals surface area (Å²) in [6.45, 7) is 5.72. The van der Waals surface area contributed by atoms with Gasteiger partial charge in [-0.05, 0) is 48.1 Å². The highest BCUT2D eigenvalue weighted by atomic mass is 32.2. The van der Waals surface area contributed by atoms with E-state index in [9.17, 15) is 13.2 Å². The van der Waals surface area contributed by atoms with E-state index in [0.29, 0.717) is 50.0 Å². The second-order valence-electron chi connectivity index (χ2n) is 8.65. The van der Waals surface area contributed by atoms with E-state index in [1.165, 1.54) is 4.31 Å². The van der Waals surface area contributed by atoms with Gasteiger partial charge >= 0.3 is 0 Å². The van der Waals surface area contributed by atoms with Gasteiger partial charge in [-0.25, -0.2) is 8.42 Å². The molecule has 1 atom stereocenters. The van der Waals surface area contributed by atoms with Gasteiger partial charge < -0.3 is 14.8 Å². The largest absolute Gasteiger partial charge is 0.496 e. The van der Waals surface area contributed by atoms with E-state index in [4.69, 9.17) is 9.47 Å². The van der Waals surface area contributed by atoms with Crippen LogP contribution in [0.5, 0.6) is 5.75 Å². The van der Waals surface area contributed by atoms with Crippen molar-refractivity contribution in [2.75, 3.05) is 33.4 Å². The van der Waals surface area contributed by atoms with Crippen LogP contribution in [0.3, 0.4) is 0 Å². The lowest BCUT2D eigenvalue weighted by Gasteiger charge is -2.26. The van der Waals surface area contributed by atoms with Crippen LogP contribution in [0.15, 0.2) is 53.4 Å². The number of ether oxygens (including phenoxy) is 2. The number of carbonyl (C=O) groups excluding carboxylic acids is 1. The topological polar surface area (TPSA) is 84.9 Å². The van der Waals surface area contributed by atoms with Gasteiger partial charge in [-0.1, -0.05) is 44.2 Å². The van der Waals surface area contributed by atoms with Crippen LogP contribution in [0.1, 0.15) is 43.9 Å². The van der Waals surface area contributed by atoms with E-state index >= 15 is 0 Å². The summed E-state index contributed by atoms with van der Waals surface area (Å²) < 4.78 is 38.2. The molecule has 0 bridgehead atoms. The number of rotatable bonds is 10. The zero-order valence-electron chi connectivity index (χ0n) is 19.6. The normalized spacial score (nSPS) is 15.9. The van der Waals surface area contributed by atoms with E-state index in [2.05, 4.69) is 19.2 Å². The highest BCUT2D eigenvalue weighted by Gasteiger charge is 2.27. The second kappa shape index (κ2) is 11.6. The van der Waals surface area contributed by atoms with Crippen molar-refractivity contribution in [2.24, 2.45) is 5.92 Å². The van der Waals surface area contributed by atoms with E-state index in [1.807, 2.05) is 30.3 Å². The summed E-state index contributed by atoms with van der Waals surface area (Å²) in [5.74, 6) is 0.927. The summed E-state index contributed by atoms with van der Waals surface area (Å²) in [4.78, 5) is 13.0. The molecule has 1 unspecified atom stereocenters. The first-order valence-electron chi connectivity index (χ1n) is 11.4. The minimum atomic E-state index is -3.62. The Morgan fingerprint density at radius 2 is 1.82 bits per heavy atom. The lowest BCUT2D eigenvalue weighted by Crippen LogP contribution is -2.40. The quantitative estimate of drug-likeness (QED) is 0.569. The Labute approximate surface area is 197 Å². The molecule has 1 heterocycles. The van der Waals surface area contributed by atoms with Crippen molar-refractivity contribution in [3.63, 3.8) is 0 Å². The Balaban J connectivity index is 1.71. The lowest BCUT2D eigenvalue weighted by molar-refractivity contribution is -0.121. The van der Waals surface area contributed by atoms with Crippen LogP contribution < -0.4 is 10.1 Å². The summed E-state index contributed by atoms with van der Waals surface area (Å²) in [5.41, 5.74) is 1.78. The number of hydrogen-bond donors (Lipinski definition) is 1. The maximum absolute atomic E-state index is 13.0. The first-order chi connectivity index (χ1) is 15.8. The Hall–Kier alpha value is -2.42. The van der Waals surface area contributed by atoms with Crippen LogP contribution in [-0.2, 0) is 26.0 Å². The molecule has 0 aliphatic carbocycles. The van der Waals surface area contributed by atoms with E-state index in [1.54, 1.807) is 25.3 Å². The molecule has 2 aromatic rings. The monoisotopic (exact) mass is 474 g/mol. The number of carbonyl (C=O) groups is 1. The fourth-order valence-corrected chi connectivity index (χ4v) is 5.46. The summed E-state index contributed by atoms with van der Waals surface area (Å²) >= 11 is 0. The third-order valence-corrected chi connectivity index (χ3v) is 7.62. The predicted octanol–water partition coefficient (Wildman–Crippen LogP) is 3.55. The van der Waals surface area contributed by atoms with Crippen LogP contribution in [0, 0.1) is 5.92 Å². The molecule has 1 fully saturated rings. The van der Waals surface area contributed by atoms with Gasteiger partial charge in [0.2, 0.25) is 15.9 Å². The van der Waals surface area contributed by atoms with Crippen molar-refractivity contribution in [2.45, 2.75) is 44.0 Å². The van der Waals surface area contributed by atoms with Gasteiger partial charge in [0.15, 0.2) is 0 Å². The highest BCUT2D eigenvalue weighted by molar-refractivity contribution is 7.89. The standard InChI is InChI=1S/C25H34N2O5S/c1-19(2)17-23(20-7-5-4-6-8-20)26-25(28)12-9-21-18-22(10-11-24(21)31-3)33(29,30)27-13-15-32-16-14-27/h4-8,10-11,18-19,23H,9,12-17H2,1-3H3,(H,26,28). The van der Waals surface area contributed by atoms with Crippen LogP contribution >= 0.6 is 0 Å². The molecule has 0 saturated carbocycles. The molecular weight excluding hydrogens is 440 g/mol. The van der Waals surface area contributed by atoms with Gasteiger partial charge in [0.05, 0.1) is 31.3 Å². The van der Waals surface area contributed by atoms with Gasteiger partial charge in [-0.2, -0.15) is 4.31 Å². The first-order valence-corrected chi connectivity index (χ1v) is 12.8. The molecule has 1 aliphatic heterocycles. The van der Waals surface area contributed by atoms with Crippen molar-refractivity contribution in [1.82, 2.24) is 9.62 Å². The lowest BCUT2D eigenvalue weighted by atomic mass is 9.96. The van der Waals surface area contributed by atoms with Gasteiger partial charge in [-0.3, -0.25) is 4.79 Å². The maximum atomic E-state index is 13.0. The summed E-state index contributed by atoms with van der Waals surface area (Å²) in [6.07, 6.45) is 1.45. The fraction of sp³-hybridized carbons (Fsp3) is 0.480. The summed E-state index contributed by atoms with van der Waals surface area (Å²) in [7, 11) is -2.07. The number of nitrogens with one attached hydrogen (secondary N) is 1. The van der Waals surface area contributed by atoms with E-state index < -0.39 is 10.0 Å². The number of sulfonamides is 1. The molecule has 0 radical (unpaired) electrons. The zero-order valence-corrected chi connectivity index (χ0v) is 20.4. The average Bonchev–Trinajstić information content (AvgIpc) is 2.83. The van der Waals surface area contributed by atoms with Crippen LogP contribution in [-0.4, -0.2) is 52.0 Å². The van der Waals surface area contributed by atoms with Crippen molar-refractivity contribution < 1.29 is 22.7 Å². The van der Waals surface area contributed by atoms with Crippen molar-refractivity contribution in [3.8, 4) is 5.75 Å². The Bertz CT molecular complexity index is 1020. The van der Waals surface area contributed by atoms with Gasteiger partial charge in [-0.15, -0.1) is 0 Å². The molecule has 1 amide bonds. The molecule has 180 valence electrons. The fourth-order valence-electron chi connectivity index (χ4n) is 4.00. The molecule has 2 aromatic carbocycles. The number of aryl methyl sites for hydroxylation is 1. The Morgan fingerprint density at radius 1 is 1.12 bits per heavy atom.